The van der Waals surface area contributed by atoms with Crippen LogP contribution < -0.4 is 15.5 Å². The molecule has 0 bridgehead atoms. The van der Waals surface area contributed by atoms with Crippen molar-refractivity contribution in [2.75, 3.05) is 49.8 Å². The molecule has 0 unspecified atom stereocenters. The Morgan fingerprint density at radius 2 is 2.10 bits per heavy atom. The second-order valence-electron chi connectivity index (χ2n) is 6.62. The van der Waals surface area contributed by atoms with Gasteiger partial charge in [-0.1, -0.05) is 30.2 Å². The van der Waals surface area contributed by atoms with Crippen molar-refractivity contribution in [3.8, 4) is 11.4 Å². The highest BCUT2D eigenvalue weighted by molar-refractivity contribution is 7.96. The van der Waals surface area contributed by atoms with E-state index in [1.807, 2.05) is 48.9 Å². The van der Waals surface area contributed by atoms with Gasteiger partial charge in [0.1, 0.15) is 5.82 Å². The molecule has 0 spiro atoms. The summed E-state index contributed by atoms with van der Waals surface area (Å²) in [6, 6.07) is 7.99. The topological polar surface area (TPSA) is 81.2 Å². The number of hydrogen-bond donors (Lipinski definition) is 3. The average Bonchev–Trinajstić information content (AvgIpc) is 3.14. The van der Waals surface area contributed by atoms with Gasteiger partial charge in [0, 0.05) is 36.8 Å². The molecule has 4 rings (SSSR count). The lowest BCUT2D eigenvalue weighted by Gasteiger charge is -2.29. The van der Waals surface area contributed by atoms with Crippen LogP contribution in [0.1, 0.15) is 5.69 Å². The number of benzene rings is 1. The Balaban J connectivity index is 1.82. The lowest BCUT2D eigenvalue weighted by atomic mass is 10.1. The summed E-state index contributed by atoms with van der Waals surface area (Å²) >= 11 is 6.36. The SMILES string of the molecule is CSNC/C=C/c1nc(-c2cccc3c2ccn3N)nc(N2CCOCC2)c1S. The average molecular weight is 429 g/mol. The monoisotopic (exact) mass is 428 g/mol. The van der Waals surface area contributed by atoms with Crippen molar-refractivity contribution in [3.63, 3.8) is 0 Å². The smallest absolute Gasteiger partial charge is 0.162 e. The molecule has 1 saturated heterocycles. The third kappa shape index (κ3) is 4.23. The highest BCUT2D eigenvalue weighted by Crippen LogP contribution is 2.32. The van der Waals surface area contributed by atoms with Crippen molar-refractivity contribution in [1.29, 1.82) is 0 Å². The van der Waals surface area contributed by atoms with Gasteiger partial charge in [0.2, 0.25) is 0 Å². The van der Waals surface area contributed by atoms with E-state index in [9.17, 15) is 0 Å². The van der Waals surface area contributed by atoms with Crippen molar-refractivity contribution < 1.29 is 4.74 Å². The summed E-state index contributed by atoms with van der Waals surface area (Å²) in [5.41, 5.74) is 2.69. The van der Waals surface area contributed by atoms with Gasteiger partial charge in [0.05, 0.1) is 29.3 Å². The summed E-state index contributed by atoms with van der Waals surface area (Å²) in [6.45, 7) is 3.67. The third-order valence-electron chi connectivity index (χ3n) is 4.83. The van der Waals surface area contributed by atoms with E-state index in [4.69, 9.17) is 33.2 Å². The molecule has 3 N–H and O–H groups in total. The Labute approximate surface area is 179 Å². The molecule has 0 amide bonds. The normalized spacial score (nSPS) is 14.9. The maximum absolute atomic E-state index is 6.04. The van der Waals surface area contributed by atoms with E-state index in [2.05, 4.69) is 9.62 Å². The molecule has 1 aliphatic heterocycles. The first-order valence-corrected chi connectivity index (χ1v) is 11.1. The highest BCUT2D eigenvalue weighted by Gasteiger charge is 2.20. The Kier molecular flexibility index (Phi) is 6.29. The molecule has 9 heteroatoms. The minimum absolute atomic E-state index is 0.665. The maximum Gasteiger partial charge on any atom is 0.162 e. The predicted molar refractivity (Wildman–Crippen MR) is 124 cm³/mol. The Bertz CT molecular complexity index is 1030. The van der Waals surface area contributed by atoms with Crippen LogP contribution in [0.5, 0.6) is 0 Å². The van der Waals surface area contributed by atoms with Crippen LogP contribution in [0, 0.1) is 0 Å². The number of thiol groups is 1. The van der Waals surface area contributed by atoms with E-state index in [0.29, 0.717) is 19.0 Å². The molecule has 2 aromatic heterocycles. The zero-order chi connectivity index (χ0) is 20.2. The fraction of sp³-hybridized carbons (Fsp3) is 0.300. The molecule has 0 aliphatic carbocycles. The fourth-order valence-corrected chi connectivity index (χ4v) is 3.96. The van der Waals surface area contributed by atoms with E-state index in [1.54, 1.807) is 16.6 Å². The number of nitrogens with one attached hydrogen (secondary N) is 1. The number of hydrogen-bond acceptors (Lipinski definition) is 8. The van der Waals surface area contributed by atoms with Crippen molar-refractivity contribution in [1.82, 2.24) is 19.4 Å². The van der Waals surface area contributed by atoms with E-state index < -0.39 is 0 Å². The van der Waals surface area contributed by atoms with Crippen LogP contribution in [0.3, 0.4) is 0 Å². The van der Waals surface area contributed by atoms with Gasteiger partial charge in [-0.05, 0) is 24.5 Å². The number of morpholine rings is 1. The second-order valence-corrected chi connectivity index (χ2v) is 7.76. The predicted octanol–water partition coefficient (Wildman–Crippen LogP) is 2.82. The van der Waals surface area contributed by atoms with Gasteiger partial charge in [0.25, 0.3) is 0 Å². The molecular formula is C20H24N6OS2. The Morgan fingerprint density at radius 3 is 2.90 bits per heavy atom. The summed E-state index contributed by atoms with van der Waals surface area (Å²) in [4.78, 5) is 12.7. The summed E-state index contributed by atoms with van der Waals surface area (Å²) in [6.07, 6.45) is 7.89. The van der Waals surface area contributed by atoms with Gasteiger partial charge in [-0.2, -0.15) is 0 Å². The summed E-state index contributed by atoms with van der Waals surface area (Å²) < 4.78 is 10.3. The van der Waals surface area contributed by atoms with Crippen molar-refractivity contribution in [2.45, 2.75) is 4.90 Å². The molecule has 0 radical (unpaired) electrons. The van der Waals surface area contributed by atoms with Crippen LogP contribution in [0.4, 0.5) is 5.82 Å². The van der Waals surface area contributed by atoms with Crippen LogP contribution in [-0.4, -0.2) is 53.7 Å². The molecule has 1 fully saturated rings. The third-order valence-corrected chi connectivity index (χ3v) is 5.71. The number of nitrogens with zero attached hydrogens (tertiary/aromatic N) is 4. The zero-order valence-corrected chi connectivity index (χ0v) is 17.9. The van der Waals surface area contributed by atoms with Crippen molar-refractivity contribution >= 4 is 47.4 Å². The first-order chi connectivity index (χ1) is 14.2. The van der Waals surface area contributed by atoms with Crippen LogP contribution in [0.25, 0.3) is 28.4 Å². The first-order valence-electron chi connectivity index (χ1n) is 9.40. The number of ether oxygens (including phenoxy) is 1. The number of aromatic nitrogens is 3. The lowest BCUT2D eigenvalue weighted by Crippen LogP contribution is -2.37. The maximum atomic E-state index is 6.04. The molecule has 7 nitrogen and oxygen atoms in total. The minimum atomic E-state index is 0.665. The number of nitrogen functional groups attached to an aromatic ring is 1. The molecule has 3 aromatic rings. The molecule has 0 saturated carbocycles. The Hall–Kier alpha value is -2.20. The lowest BCUT2D eigenvalue weighted by molar-refractivity contribution is 0.122. The van der Waals surface area contributed by atoms with Crippen LogP contribution in [-0.2, 0) is 4.74 Å². The van der Waals surface area contributed by atoms with E-state index in [1.165, 1.54) is 0 Å². The summed E-state index contributed by atoms with van der Waals surface area (Å²) in [5, 5.41) is 1.02. The van der Waals surface area contributed by atoms with Gasteiger partial charge in [0.15, 0.2) is 5.82 Å². The second kappa shape index (κ2) is 9.08. The van der Waals surface area contributed by atoms with E-state index in [0.717, 1.165) is 52.5 Å². The number of nitrogens with two attached hydrogens (primary N) is 1. The van der Waals surface area contributed by atoms with Crippen LogP contribution in [0.2, 0.25) is 0 Å². The summed E-state index contributed by atoms with van der Waals surface area (Å²) in [5.74, 6) is 7.54. The molecule has 3 heterocycles. The molecule has 0 atom stereocenters. The van der Waals surface area contributed by atoms with E-state index in [-0.39, 0.29) is 0 Å². The zero-order valence-electron chi connectivity index (χ0n) is 16.2. The minimum Gasteiger partial charge on any atom is -0.378 e. The molecule has 152 valence electrons. The molecular weight excluding hydrogens is 404 g/mol. The molecule has 1 aromatic carbocycles. The van der Waals surface area contributed by atoms with Crippen molar-refractivity contribution in [3.05, 3.63) is 42.2 Å². The first kappa shape index (κ1) is 20.1. The Morgan fingerprint density at radius 1 is 1.28 bits per heavy atom. The van der Waals surface area contributed by atoms with Crippen LogP contribution in [0.15, 0.2) is 41.4 Å². The largest absolute Gasteiger partial charge is 0.378 e. The van der Waals surface area contributed by atoms with Gasteiger partial charge >= 0.3 is 0 Å². The fourth-order valence-electron chi connectivity index (χ4n) is 3.38. The standard InChI is InChI=1S/C20H24N6OS2/c1-29-22-8-3-5-16-18(28)20(25-10-12-27-13-11-25)24-19(23-16)15-4-2-6-17-14(15)7-9-26(17)21/h2-7,9,22,28H,8,10-13,21H2,1H3/b5-3+. The quantitative estimate of drug-likeness (QED) is 0.241. The number of anilines is 1. The molecule has 29 heavy (non-hydrogen) atoms. The van der Waals surface area contributed by atoms with Crippen LogP contribution >= 0.6 is 24.6 Å². The van der Waals surface area contributed by atoms with Gasteiger partial charge in [-0.15, -0.1) is 12.6 Å². The molecule has 1 aliphatic rings. The summed E-state index contributed by atoms with van der Waals surface area (Å²) in [7, 11) is 0. The van der Waals surface area contributed by atoms with E-state index >= 15 is 0 Å². The number of fused-ring (bicyclic) bond motifs is 1. The van der Waals surface area contributed by atoms with Crippen molar-refractivity contribution in [2.24, 2.45) is 0 Å². The van der Waals surface area contributed by atoms with Gasteiger partial charge in [-0.25, -0.2) is 9.97 Å². The highest BCUT2D eigenvalue weighted by atomic mass is 32.2. The van der Waals surface area contributed by atoms with Gasteiger partial charge in [-0.3, -0.25) is 9.40 Å². The van der Waals surface area contributed by atoms with Gasteiger partial charge < -0.3 is 15.5 Å². The number of rotatable bonds is 6.